The molecule has 1 heterocycles. The van der Waals surface area contributed by atoms with E-state index in [1.807, 2.05) is 0 Å². The molecule has 0 radical (unpaired) electrons. The summed E-state index contributed by atoms with van der Waals surface area (Å²) in [5.41, 5.74) is 1.18. The minimum atomic E-state index is -4.09. The predicted octanol–water partition coefficient (Wildman–Crippen LogP) is 2.09. The molecule has 3 rings (SSSR count). The van der Waals surface area contributed by atoms with Gasteiger partial charge in [-0.1, -0.05) is 11.8 Å². The van der Waals surface area contributed by atoms with Crippen molar-refractivity contribution in [3.05, 3.63) is 47.8 Å². The lowest BCUT2D eigenvalue weighted by Gasteiger charge is -2.23. The number of aromatic nitrogens is 1. The molecule has 0 atom stereocenters. The Morgan fingerprint density at radius 3 is 2.35 bits per heavy atom. The number of aryl methyl sites for hydroxylation is 1. The van der Waals surface area contributed by atoms with E-state index in [-0.39, 0.29) is 11.5 Å². The van der Waals surface area contributed by atoms with Gasteiger partial charge in [-0.25, -0.2) is 16.8 Å². The molecular formula is C16H16N2O5S3. The molecule has 1 aromatic heterocycles. The summed E-state index contributed by atoms with van der Waals surface area (Å²) in [4.78, 5) is 17.1. The highest BCUT2D eigenvalue weighted by Gasteiger charge is 2.32. The number of sulfonamides is 2. The Bertz CT molecular complexity index is 1050. The summed E-state index contributed by atoms with van der Waals surface area (Å²) in [6, 6.07) is 6.54. The van der Waals surface area contributed by atoms with Gasteiger partial charge in [-0.15, -0.1) is 0 Å². The number of ketones is 1. The summed E-state index contributed by atoms with van der Waals surface area (Å²) >= 11 is 1.16. The van der Waals surface area contributed by atoms with E-state index in [0.29, 0.717) is 37.5 Å². The molecule has 1 aromatic carbocycles. The van der Waals surface area contributed by atoms with E-state index in [0.717, 1.165) is 24.3 Å². The van der Waals surface area contributed by atoms with Gasteiger partial charge < -0.3 is 0 Å². The van der Waals surface area contributed by atoms with E-state index >= 15 is 0 Å². The van der Waals surface area contributed by atoms with Gasteiger partial charge in [0, 0.05) is 34.2 Å². The number of hydrogen-bond donors (Lipinski definition) is 0. The molecule has 2 aromatic rings. The maximum absolute atomic E-state index is 12.2. The van der Waals surface area contributed by atoms with Gasteiger partial charge in [0.1, 0.15) is 0 Å². The van der Waals surface area contributed by atoms with Gasteiger partial charge in [0.2, 0.25) is 20.0 Å². The maximum Gasteiger partial charge on any atom is 0.245 e. The number of pyridine rings is 1. The van der Waals surface area contributed by atoms with E-state index in [4.69, 9.17) is 0 Å². The molecule has 0 bridgehead atoms. The first-order valence-corrected chi connectivity index (χ1v) is 12.1. The van der Waals surface area contributed by atoms with E-state index in [1.54, 1.807) is 30.6 Å². The van der Waals surface area contributed by atoms with E-state index in [9.17, 15) is 21.6 Å². The van der Waals surface area contributed by atoms with Crippen LogP contribution in [-0.4, -0.2) is 40.1 Å². The smallest absolute Gasteiger partial charge is 0.245 e. The zero-order valence-corrected chi connectivity index (χ0v) is 16.5. The van der Waals surface area contributed by atoms with Gasteiger partial charge in [0.05, 0.1) is 18.2 Å². The molecule has 0 spiro atoms. The van der Waals surface area contributed by atoms with Crippen LogP contribution in [-0.2, 0) is 26.5 Å². The minimum Gasteiger partial charge on any atom is -0.294 e. The molecule has 0 amide bonds. The molecule has 0 saturated carbocycles. The Labute approximate surface area is 156 Å². The average molecular weight is 413 g/mol. The number of Topliss-reactive ketones (excluding diaryl/α,β-unsaturated/α-hetero) is 1. The number of fused-ring (bicyclic) bond motifs is 1. The van der Waals surface area contributed by atoms with Crippen LogP contribution in [0.3, 0.4) is 0 Å². The second-order valence-electron chi connectivity index (χ2n) is 5.91. The Hall–Kier alpha value is -1.91. The summed E-state index contributed by atoms with van der Waals surface area (Å²) in [5.74, 6) is -0.0372. The lowest BCUT2D eigenvalue weighted by Crippen LogP contribution is -2.35. The van der Waals surface area contributed by atoms with Crippen LogP contribution in [0.5, 0.6) is 0 Å². The average Bonchev–Trinajstić information content (AvgIpc) is 2.86. The third-order valence-corrected chi connectivity index (χ3v) is 8.02. The summed E-state index contributed by atoms with van der Waals surface area (Å²) in [6.07, 6.45) is 5.63. The van der Waals surface area contributed by atoms with Crippen molar-refractivity contribution in [3.63, 3.8) is 0 Å². The summed E-state index contributed by atoms with van der Waals surface area (Å²) in [6.45, 7) is 0. The molecule has 0 saturated heterocycles. The summed E-state index contributed by atoms with van der Waals surface area (Å²) < 4.78 is 49.2. The van der Waals surface area contributed by atoms with Crippen LogP contribution in [0.1, 0.15) is 22.3 Å². The molecular weight excluding hydrogens is 396 g/mol. The summed E-state index contributed by atoms with van der Waals surface area (Å²) in [7, 11) is -8.18. The van der Waals surface area contributed by atoms with Crippen molar-refractivity contribution >= 4 is 43.3 Å². The number of nitrogens with zero attached hydrogens (tertiary/aromatic N) is 2. The first-order valence-electron chi connectivity index (χ1n) is 7.56. The van der Waals surface area contributed by atoms with Crippen molar-refractivity contribution < 1.29 is 21.6 Å². The Morgan fingerprint density at radius 2 is 1.77 bits per heavy atom. The van der Waals surface area contributed by atoms with Crippen molar-refractivity contribution in [2.75, 3.05) is 16.2 Å². The standard InChI is InChI=1S/C16H16N2O5S3/c1-25(20,21)18(26(2,22)23)14-8-11-5-6-15(19)13(11)9-16(14)24-12-4-3-7-17-10-12/h3-4,7-10H,5-6H2,1-2H3. The number of carbonyl (C=O) groups excluding carboxylic acids is 1. The number of benzene rings is 1. The molecule has 26 heavy (non-hydrogen) atoms. The van der Waals surface area contributed by atoms with Crippen LogP contribution >= 0.6 is 11.8 Å². The first-order chi connectivity index (χ1) is 12.1. The first kappa shape index (κ1) is 18.9. The molecule has 1 aliphatic carbocycles. The molecule has 7 nitrogen and oxygen atoms in total. The van der Waals surface area contributed by atoms with Gasteiger partial charge in [0.25, 0.3) is 0 Å². The maximum atomic E-state index is 12.2. The molecule has 0 N–H and O–H groups in total. The van der Waals surface area contributed by atoms with Crippen LogP contribution in [0.15, 0.2) is 46.5 Å². The number of carbonyl (C=O) groups is 1. The number of rotatable bonds is 5. The lowest BCUT2D eigenvalue weighted by atomic mass is 10.1. The summed E-state index contributed by atoms with van der Waals surface area (Å²) in [5, 5.41) is 0. The van der Waals surface area contributed by atoms with Crippen LogP contribution in [0.25, 0.3) is 0 Å². The highest BCUT2D eigenvalue weighted by atomic mass is 32.3. The van der Waals surface area contributed by atoms with Crippen molar-refractivity contribution in [2.45, 2.75) is 22.6 Å². The number of hydrogen-bond acceptors (Lipinski definition) is 7. The van der Waals surface area contributed by atoms with E-state index < -0.39 is 20.0 Å². The van der Waals surface area contributed by atoms with Crippen molar-refractivity contribution in [1.29, 1.82) is 0 Å². The van der Waals surface area contributed by atoms with Crippen LogP contribution in [0, 0.1) is 0 Å². The Morgan fingerprint density at radius 1 is 1.08 bits per heavy atom. The fraction of sp³-hybridized carbons (Fsp3) is 0.250. The molecule has 0 unspecified atom stereocenters. The van der Waals surface area contributed by atoms with Crippen LogP contribution in [0.4, 0.5) is 5.69 Å². The van der Waals surface area contributed by atoms with Gasteiger partial charge in [-0.05, 0) is 36.2 Å². The molecule has 0 fully saturated rings. The Kier molecular flexibility index (Phi) is 4.84. The highest BCUT2D eigenvalue weighted by Crippen LogP contribution is 2.41. The highest BCUT2D eigenvalue weighted by molar-refractivity contribution is 8.09. The molecule has 1 aliphatic rings. The third-order valence-electron chi connectivity index (χ3n) is 3.77. The quantitative estimate of drug-likeness (QED) is 0.741. The largest absolute Gasteiger partial charge is 0.294 e. The van der Waals surface area contributed by atoms with E-state index in [1.165, 1.54) is 6.07 Å². The minimum absolute atomic E-state index is 0.0253. The Balaban J connectivity index is 2.24. The zero-order chi connectivity index (χ0) is 19.1. The van der Waals surface area contributed by atoms with Gasteiger partial charge in [0.15, 0.2) is 5.78 Å². The molecule has 138 valence electrons. The van der Waals surface area contributed by atoms with Crippen LogP contribution < -0.4 is 3.71 Å². The predicted molar refractivity (Wildman–Crippen MR) is 99.6 cm³/mol. The zero-order valence-electron chi connectivity index (χ0n) is 14.0. The fourth-order valence-corrected chi connectivity index (χ4v) is 6.87. The SMILES string of the molecule is CS(=O)(=O)N(c1cc2c(cc1Sc1cccnc1)C(=O)CC2)S(C)(=O)=O. The van der Waals surface area contributed by atoms with Crippen LogP contribution in [0.2, 0.25) is 0 Å². The second kappa shape index (κ2) is 6.67. The van der Waals surface area contributed by atoms with Gasteiger partial charge >= 0.3 is 0 Å². The third kappa shape index (κ3) is 3.76. The monoisotopic (exact) mass is 412 g/mol. The van der Waals surface area contributed by atoms with Gasteiger partial charge in [-0.3, -0.25) is 9.78 Å². The van der Waals surface area contributed by atoms with Crippen molar-refractivity contribution in [2.24, 2.45) is 0 Å². The van der Waals surface area contributed by atoms with Crippen molar-refractivity contribution in [3.8, 4) is 0 Å². The van der Waals surface area contributed by atoms with Gasteiger partial charge in [-0.2, -0.15) is 3.71 Å². The second-order valence-corrected chi connectivity index (χ2v) is 10.9. The molecule has 10 heteroatoms. The molecule has 0 aliphatic heterocycles. The fourth-order valence-electron chi connectivity index (χ4n) is 2.82. The van der Waals surface area contributed by atoms with Crippen molar-refractivity contribution in [1.82, 2.24) is 4.98 Å². The van der Waals surface area contributed by atoms with E-state index in [2.05, 4.69) is 4.98 Å². The lowest BCUT2D eigenvalue weighted by molar-refractivity contribution is 0.0994. The number of anilines is 1. The topological polar surface area (TPSA) is 101 Å². The normalized spacial score (nSPS) is 14.3.